The second-order valence-electron chi connectivity index (χ2n) is 9.30. The molecule has 0 bridgehead atoms. The van der Waals surface area contributed by atoms with E-state index >= 15 is 0 Å². The zero-order valence-electron chi connectivity index (χ0n) is 14.3. The Balaban J connectivity index is 1.68. The highest BCUT2D eigenvalue weighted by Gasteiger charge is 2.59. The Morgan fingerprint density at radius 1 is 1.18 bits per heavy atom. The number of alkyl halides is 1. The zero-order chi connectivity index (χ0) is 15.7. The Morgan fingerprint density at radius 3 is 2.73 bits per heavy atom. The second-order valence-corrected chi connectivity index (χ2v) is 9.30. The van der Waals surface area contributed by atoms with Crippen LogP contribution in [0, 0.1) is 34.5 Å². The molecule has 22 heavy (non-hydrogen) atoms. The van der Waals surface area contributed by atoms with E-state index in [1.165, 1.54) is 0 Å². The van der Waals surface area contributed by atoms with Crippen molar-refractivity contribution in [1.82, 2.24) is 0 Å². The topological polar surface area (TPSA) is 20.2 Å². The molecule has 4 rings (SSSR count). The Labute approximate surface area is 134 Å². The van der Waals surface area contributed by atoms with E-state index in [4.69, 9.17) is 0 Å². The van der Waals surface area contributed by atoms with Gasteiger partial charge in [0.25, 0.3) is 0 Å². The predicted molar refractivity (Wildman–Crippen MR) is 87.2 cm³/mol. The molecule has 0 aromatic rings. The van der Waals surface area contributed by atoms with Gasteiger partial charge in [0, 0.05) is 5.41 Å². The molecule has 2 heteroatoms. The maximum absolute atomic E-state index is 14.5. The number of hydrogen-bond donors (Lipinski definition) is 1. The molecular formula is C20H31FO. The quantitative estimate of drug-likeness (QED) is 0.631. The van der Waals surface area contributed by atoms with Crippen LogP contribution in [-0.4, -0.2) is 17.4 Å². The summed E-state index contributed by atoms with van der Waals surface area (Å²) < 4.78 is 14.5. The first kappa shape index (κ1) is 15.2. The lowest BCUT2D eigenvalue weighted by molar-refractivity contribution is -0.0693. The lowest BCUT2D eigenvalue weighted by Crippen LogP contribution is -2.52. The molecule has 4 aliphatic carbocycles. The molecule has 0 aromatic carbocycles. The van der Waals surface area contributed by atoms with Crippen molar-refractivity contribution in [2.45, 2.75) is 78.0 Å². The van der Waals surface area contributed by atoms with E-state index in [0.29, 0.717) is 23.7 Å². The number of allylic oxidation sites excluding steroid dienone is 2. The van der Waals surface area contributed by atoms with Crippen LogP contribution in [0.1, 0.15) is 65.7 Å². The molecule has 0 heterocycles. The first-order valence-corrected chi connectivity index (χ1v) is 9.38. The fourth-order valence-corrected chi connectivity index (χ4v) is 6.81. The van der Waals surface area contributed by atoms with Crippen LogP contribution < -0.4 is 0 Å². The summed E-state index contributed by atoms with van der Waals surface area (Å²) in [7, 11) is 0. The molecule has 0 spiro atoms. The molecule has 3 fully saturated rings. The van der Waals surface area contributed by atoms with E-state index in [1.807, 2.05) is 0 Å². The Kier molecular flexibility index (Phi) is 3.32. The van der Waals surface area contributed by atoms with Crippen LogP contribution >= 0.6 is 0 Å². The standard InChI is InChI=1S/C20H31FO/c1-12-10-13-4-5-14-15-6-7-18(21)19(15,2)9-8-16(14)20(13,3)11-17(12)22/h4,12,14-18,22H,5-11H2,1-3H3/t12?,14-,15-,16+,17?,18?,19-,20-/m0/s1. The van der Waals surface area contributed by atoms with Gasteiger partial charge in [0.05, 0.1) is 6.10 Å². The van der Waals surface area contributed by atoms with E-state index in [9.17, 15) is 9.50 Å². The molecule has 3 saturated carbocycles. The van der Waals surface area contributed by atoms with Gasteiger partial charge in [0.15, 0.2) is 0 Å². The van der Waals surface area contributed by atoms with Crippen molar-refractivity contribution in [1.29, 1.82) is 0 Å². The van der Waals surface area contributed by atoms with Gasteiger partial charge in [-0.2, -0.15) is 0 Å². The van der Waals surface area contributed by atoms with Crippen molar-refractivity contribution in [2.24, 2.45) is 34.5 Å². The molecule has 0 amide bonds. The molecule has 0 saturated heterocycles. The molecule has 1 N–H and O–H groups in total. The van der Waals surface area contributed by atoms with Crippen molar-refractivity contribution in [2.75, 3.05) is 0 Å². The maximum Gasteiger partial charge on any atom is 0.106 e. The molecule has 0 aliphatic heterocycles. The third-order valence-electron chi connectivity index (χ3n) is 8.34. The summed E-state index contributed by atoms with van der Waals surface area (Å²) in [5, 5.41) is 10.5. The highest BCUT2D eigenvalue weighted by molar-refractivity contribution is 5.26. The molecule has 0 radical (unpaired) electrons. The van der Waals surface area contributed by atoms with Crippen LogP contribution in [0.4, 0.5) is 4.39 Å². The minimum atomic E-state index is -0.589. The third-order valence-corrected chi connectivity index (χ3v) is 8.34. The SMILES string of the molecule is CC1CC2=CC[C@@H]3[C@@H](CC[C@]4(C)C(F)CC[C@@H]34)[C@@]2(C)CC1O. The van der Waals surface area contributed by atoms with Crippen LogP contribution in [0.5, 0.6) is 0 Å². The van der Waals surface area contributed by atoms with Gasteiger partial charge in [0.2, 0.25) is 0 Å². The van der Waals surface area contributed by atoms with Gasteiger partial charge < -0.3 is 5.11 Å². The van der Waals surface area contributed by atoms with Crippen molar-refractivity contribution in [3.05, 3.63) is 11.6 Å². The lowest BCUT2D eigenvalue weighted by atomic mass is 9.47. The van der Waals surface area contributed by atoms with Crippen LogP contribution in [0.2, 0.25) is 0 Å². The molecule has 1 nitrogen and oxygen atoms in total. The van der Waals surface area contributed by atoms with E-state index in [2.05, 4.69) is 26.8 Å². The molecule has 0 aromatic heterocycles. The monoisotopic (exact) mass is 306 g/mol. The van der Waals surface area contributed by atoms with Gasteiger partial charge in [0.1, 0.15) is 6.17 Å². The molecule has 3 unspecified atom stereocenters. The molecule has 124 valence electrons. The first-order valence-electron chi connectivity index (χ1n) is 9.38. The van der Waals surface area contributed by atoms with Gasteiger partial charge in [-0.15, -0.1) is 0 Å². The summed E-state index contributed by atoms with van der Waals surface area (Å²) in [6, 6.07) is 0. The van der Waals surface area contributed by atoms with E-state index in [0.717, 1.165) is 44.9 Å². The van der Waals surface area contributed by atoms with Gasteiger partial charge >= 0.3 is 0 Å². The predicted octanol–water partition coefficient (Wildman–Crippen LogP) is 4.89. The van der Waals surface area contributed by atoms with Crippen LogP contribution in [0.15, 0.2) is 11.6 Å². The highest BCUT2D eigenvalue weighted by atomic mass is 19.1. The molecule has 8 atom stereocenters. The minimum absolute atomic E-state index is 0.0660. The summed E-state index contributed by atoms with van der Waals surface area (Å²) in [5.41, 5.74) is 1.71. The van der Waals surface area contributed by atoms with E-state index in [1.54, 1.807) is 5.57 Å². The summed E-state index contributed by atoms with van der Waals surface area (Å²) in [6.07, 6.45) is 8.95. The third kappa shape index (κ3) is 1.85. The first-order chi connectivity index (χ1) is 10.4. The van der Waals surface area contributed by atoms with E-state index < -0.39 is 6.17 Å². The zero-order valence-corrected chi connectivity index (χ0v) is 14.3. The van der Waals surface area contributed by atoms with Crippen molar-refractivity contribution in [3.8, 4) is 0 Å². The van der Waals surface area contributed by atoms with Gasteiger partial charge in [-0.3, -0.25) is 0 Å². The van der Waals surface area contributed by atoms with Gasteiger partial charge in [-0.05, 0) is 74.0 Å². The largest absolute Gasteiger partial charge is 0.393 e. The van der Waals surface area contributed by atoms with E-state index in [-0.39, 0.29) is 16.9 Å². The molecule has 4 aliphatic rings. The maximum atomic E-state index is 14.5. The van der Waals surface area contributed by atoms with Crippen molar-refractivity contribution >= 4 is 0 Å². The number of fused-ring (bicyclic) bond motifs is 5. The fraction of sp³-hybridized carbons (Fsp3) is 0.900. The van der Waals surface area contributed by atoms with Crippen LogP contribution in [0.25, 0.3) is 0 Å². The Morgan fingerprint density at radius 2 is 1.95 bits per heavy atom. The van der Waals surface area contributed by atoms with Crippen LogP contribution in [-0.2, 0) is 0 Å². The number of rotatable bonds is 0. The minimum Gasteiger partial charge on any atom is -0.393 e. The normalized spacial score (nSPS) is 57.6. The number of hydrogen-bond acceptors (Lipinski definition) is 1. The average Bonchev–Trinajstić information content (AvgIpc) is 2.77. The smallest absolute Gasteiger partial charge is 0.106 e. The summed E-state index contributed by atoms with van der Waals surface area (Å²) in [6.45, 7) is 6.79. The summed E-state index contributed by atoms with van der Waals surface area (Å²) in [5.74, 6) is 2.27. The summed E-state index contributed by atoms with van der Waals surface area (Å²) in [4.78, 5) is 0. The number of aliphatic hydroxyl groups is 1. The van der Waals surface area contributed by atoms with Crippen LogP contribution in [0.3, 0.4) is 0 Å². The average molecular weight is 306 g/mol. The molecular weight excluding hydrogens is 275 g/mol. The summed E-state index contributed by atoms with van der Waals surface area (Å²) >= 11 is 0. The lowest BCUT2D eigenvalue weighted by Gasteiger charge is -2.58. The van der Waals surface area contributed by atoms with Gasteiger partial charge in [-0.25, -0.2) is 4.39 Å². The highest BCUT2D eigenvalue weighted by Crippen LogP contribution is 2.65. The Bertz CT molecular complexity index is 500. The fourth-order valence-electron chi connectivity index (χ4n) is 6.81. The van der Waals surface area contributed by atoms with Gasteiger partial charge in [-0.1, -0.05) is 32.4 Å². The second kappa shape index (κ2) is 4.82. The number of aliphatic hydroxyl groups excluding tert-OH is 1. The number of halogens is 1. The Hall–Kier alpha value is -0.370. The van der Waals surface area contributed by atoms with Crippen molar-refractivity contribution < 1.29 is 9.50 Å². The van der Waals surface area contributed by atoms with Crippen molar-refractivity contribution in [3.63, 3.8) is 0 Å².